The first kappa shape index (κ1) is 17.2. The second kappa shape index (κ2) is 6.72. The maximum atomic E-state index is 12.4. The molecule has 0 aromatic heterocycles. The van der Waals surface area contributed by atoms with Gasteiger partial charge in [0.15, 0.2) is 0 Å². The SMILES string of the molecule is CC1(C)C2CCC(C2)C1(C)NC(=O)CNCCN1CCCCC1. The average Bonchev–Trinajstić information content (AvgIpc) is 3.08. The van der Waals surface area contributed by atoms with E-state index >= 15 is 0 Å². The van der Waals surface area contributed by atoms with Crippen LogP contribution in [-0.4, -0.2) is 49.1 Å². The number of piperidine rings is 1. The van der Waals surface area contributed by atoms with Gasteiger partial charge in [-0.15, -0.1) is 0 Å². The molecule has 0 aromatic rings. The molecule has 1 heterocycles. The molecule has 1 amide bonds. The predicted octanol–water partition coefficient (Wildman–Crippen LogP) is 2.39. The Hall–Kier alpha value is -0.610. The summed E-state index contributed by atoms with van der Waals surface area (Å²) in [4.78, 5) is 14.9. The van der Waals surface area contributed by atoms with Gasteiger partial charge in [-0.05, 0) is 69.4 Å². The molecule has 4 heteroatoms. The van der Waals surface area contributed by atoms with Crippen molar-refractivity contribution in [3.63, 3.8) is 0 Å². The molecule has 3 fully saturated rings. The van der Waals surface area contributed by atoms with Gasteiger partial charge < -0.3 is 15.5 Å². The Morgan fingerprint density at radius 2 is 1.78 bits per heavy atom. The maximum absolute atomic E-state index is 12.4. The van der Waals surface area contributed by atoms with Crippen molar-refractivity contribution in [3.05, 3.63) is 0 Å². The van der Waals surface area contributed by atoms with Crippen molar-refractivity contribution in [2.75, 3.05) is 32.7 Å². The topological polar surface area (TPSA) is 44.4 Å². The minimum atomic E-state index is -0.0262. The van der Waals surface area contributed by atoms with Crippen LogP contribution in [0.3, 0.4) is 0 Å². The lowest BCUT2D eigenvalue weighted by Gasteiger charge is -2.48. The summed E-state index contributed by atoms with van der Waals surface area (Å²) >= 11 is 0. The number of carbonyl (C=O) groups excluding carboxylic acids is 1. The van der Waals surface area contributed by atoms with E-state index in [9.17, 15) is 4.79 Å². The third-order valence-corrected chi connectivity index (χ3v) is 7.35. The zero-order valence-corrected chi connectivity index (χ0v) is 15.3. The lowest BCUT2D eigenvalue weighted by Crippen LogP contribution is -2.60. The molecular weight excluding hydrogens is 286 g/mol. The minimum absolute atomic E-state index is 0.0262. The van der Waals surface area contributed by atoms with Gasteiger partial charge in [0.25, 0.3) is 0 Å². The number of hydrogen-bond acceptors (Lipinski definition) is 3. The first-order chi connectivity index (χ1) is 10.9. The smallest absolute Gasteiger partial charge is 0.234 e. The van der Waals surface area contributed by atoms with Crippen molar-refractivity contribution in [3.8, 4) is 0 Å². The lowest BCUT2D eigenvalue weighted by molar-refractivity contribution is -0.124. The van der Waals surface area contributed by atoms with E-state index in [0.717, 1.165) is 19.0 Å². The summed E-state index contributed by atoms with van der Waals surface area (Å²) in [5, 5.41) is 6.74. The van der Waals surface area contributed by atoms with Gasteiger partial charge in [0.2, 0.25) is 5.91 Å². The third-order valence-electron chi connectivity index (χ3n) is 7.35. The van der Waals surface area contributed by atoms with E-state index in [1.807, 2.05) is 0 Å². The molecule has 3 aliphatic rings. The highest BCUT2D eigenvalue weighted by molar-refractivity contribution is 5.79. The van der Waals surface area contributed by atoms with Crippen LogP contribution in [-0.2, 0) is 4.79 Å². The van der Waals surface area contributed by atoms with Crippen LogP contribution in [0.5, 0.6) is 0 Å². The molecule has 0 aromatic carbocycles. The lowest BCUT2D eigenvalue weighted by atomic mass is 9.64. The Morgan fingerprint density at radius 1 is 1.09 bits per heavy atom. The van der Waals surface area contributed by atoms with Crippen LogP contribution in [0.25, 0.3) is 0 Å². The Kier molecular flexibility index (Phi) is 5.03. The van der Waals surface area contributed by atoms with Crippen LogP contribution in [0.2, 0.25) is 0 Å². The van der Waals surface area contributed by atoms with Crippen LogP contribution in [0, 0.1) is 17.3 Å². The van der Waals surface area contributed by atoms with Crippen LogP contribution in [0.1, 0.15) is 59.3 Å². The molecule has 132 valence electrons. The van der Waals surface area contributed by atoms with E-state index in [2.05, 4.69) is 36.3 Å². The molecule has 23 heavy (non-hydrogen) atoms. The fourth-order valence-electron chi connectivity index (χ4n) is 5.33. The van der Waals surface area contributed by atoms with Crippen molar-refractivity contribution < 1.29 is 4.79 Å². The minimum Gasteiger partial charge on any atom is -0.349 e. The van der Waals surface area contributed by atoms with Crippen molar-refractivity contribution >= 4 is 5.91 Å². The summed E-state index contributed by atoms with van der Waals surface area (Å²) in [6.07, 6.45) is 7.96. The van der Waals surface area contributed by atoms with Gasteiger partial charge in [0.1, 0.15) is 0 Å². The first-order valence-electron chi connectivity index (χ1n) is 9.67. The van der Waals surface area contributed by atoms with Crippen molar-refractivity contribution in [2.45, 2.75) is 64.8 Å². The fraction of sp³-hybridized carbons (Fsp3) is 0.947. The third kappa shape index (κ3) is 3.30. The molecular formula is C19H35N3O. The van der Waals surface area contributed by atoms with Crippen molar-refractivity contribution in [2.24, 2.45) is 17.3 Å². The largest absolute Gasteiger partial charge is 0.349 e. The molecule has 0 spiro atoms. The molecule has 3 unspecified atom stereocenters. The van der Waals surface area contributed by atoms with Crippen molar-refractivity contribution in [1.29, 1.82) is 0 Å². The van der Waals surface area contributed by atoms with E-state index < -0.39 is 0 Å². The quantitative estimate of drug-likeness (QED) is 0.738. The van der Waals surface area contributed by atoms with Gasteiger partial charge in [0, 0.05) is 18.6 Å². The van der Waals surface area contributed by atoms with Gasteiger partial charge in [0.05, 0.1) is 6.54 Å². The summed E-state index contributed by atoms with van der Waals surface area (Å²) in [5.41, 5.74) is 0.195. The zero-order valence-electron chi connectivity index (χ0n) is 15.3. The molecule has 2 saturated carbocycles. The second-order valence-corrected chi connectivity index (χ2v) is 8.76. The molecule has 1 aliphatic heterocycles. The highest BCUT2D eigenvalue weighted by Gasteiger charge is 2.60. The monoisotopic (exact) mass is 321 g/mol. The van der Waals surface area contributed by atoms with E-state index in [0.29, 0.717) is 12.5 Å². The predicted molar refractivity (Wildman–Crippen MR) is 94.3 cm³/mol. The Balaban J connectivity index is 1.41. The van der Waals surface area contributed by atoms with Crippen LogP contribution in [0.4, 0.5) is 0 Å². The standard InChI is InChI=1S/C19H35N3O/c1-18(2)15-7-8-16(13-15)19(18,3)21-17(23)14-20-9-12-22-10-5-4-6-11-22/h15-16,20H,4-14H2,1-3H3,(H,21,23). The maximum Gasteiger partial charge on any atom is 0.234 e. The molecule has 2 bridgehead atoms. The molecule has 3 rings (SSSR count). The zero-order chi connectivity index (χ0) is 16.5. The van der Waals surface area contributed by atoms with Crippen LogP contribution < -0.4 is 10.6 Å². The molecule has 4 nitrogen and oxygen atoms in total. The summed E-state index contributed by atoms with van der Waals surface area (Å²) in [6, 6.07) is 0. The van der Waals surface area contributed by atoms with E-state index in [1.165, 1.54) is 51.6 Å². The van der Waals surface area contributed by atoms with E-state index in [-0.39, 0.29) is 16.9 Å². The number of likely N-dealkylation sites (tertiary alicyclic amines) is 1. The summed E-state index contributed by atoms with van der Waals surface area (Å²) in [7, 11) is 0. The molecule has 1 saturated heterocycles. The first-order valence-corrected chi connectivity index (χ1v) is 9.67. The normalized spacial score (nSPS) is 36.3. The molecule has 2 N–H and O–H groups in total. The van der Waals surface area contributed by atoms with Crippen LogP contribution >= 0.6 is 0 Å². The number of nitrogens with zero attached hydrogens (tertiary/aromatic N) is 1. The number of fused-ring (bicyclic) bond motifs is 2. The molecule has 2 aliphatic carbocycles. The Labute approximate surface area is 141 Å². The Bertz CT molecular complexity index is 430. The fourth-order valence-corrected chi connectivity index (χ4v) is 5.33. The summed E-state index contributed by atoms with van der Waals surface area (Å²) < 4.78 is 0. The Morgan fingerprint density at radius 3 is 2.43 bits per heavy atom. The number of amides is 1. The van der Waals surface area contributed by atoms with E-state index in [4.69, 9.17) is 0 Å². The van der Waals surface area contributed by atoms with Gasteiger partial charge in [-0.3, -0.25) is 4.79 Å². The van der Waals surface area contributed by atoms with Gasteiger partial charge >= 0.3 is 0 Å². The highest BCUT2D eigenvalue weighted by Crippen LogP contribution is 2.61. The number of carbonyl (C=O) groups is 1. The van der Waals surface area contributed by atoms with Crippen LogP contribution in [0.15, 0.2) is 0 Å². The average molecular weight is 322 g/mol. The highest BCUT2D eigenvalue weighted by atomic mass is 16.2. The second-order valence-electron chi connectivity index (χ2n) is 8.76. The number of nitrogens with one attached hydrogen (secondary N) is 2. The summed E-state index contributed by atoms with van der Waals surface area (Å²) in [5.74, 6) is 1.62. The molecule has 0 radical (unpaired) electrons. The number of hydrogen-bond donors (Lipinski definition) is 2. The number of rotatable bonds is 6. The van der Waals surface area contributed by atoms with E-state index in [1.54, 1.807) is 0 Å². The van der Waals surface area contributed by atoms with Gasteiger partial charge in [-0.25, -0.2) is 0 Å². The van der Waals surface area contributed by atoms with Gasteiger partial charge in [-0.2, -0.15) is 0 Å². The van der Waals surface area contributed by atoms with Gasteiger partial charge in [-0.1, -0.05) is 20.3 Å². The van der Waals surface area contributed by atoms with Crippen molar-refractivity contribution in [1.82, 2.24) is 15.5 Å². The summed E-state index contributed by atoms with van der Waals surface area (Å²) in [6.45, 7) is 11.9. The molecule has 3 atom stereocenters.